The molecule has 0 radical (unpaired) electrons. The van der Waals surface area contributed by atoms with Gasteiger partial charge >= 0.3 is 0 Å². The highest BCUT2D eigenvalue weighted by molar-refractivity contribution is 5.84. The molecular formula is C27H31N3O2. The highest BCUT2D eigenvalue weighted by Crippen LogP contribution is 2.29. The third kappa shape index (κ3) is 5.48. The van der Waals surface area contributed by atoms with Crippen LogP contribution >= 0.6 is 0 Å². The zero-order chi connectivity index (χ0) is 22.2. The van der Waals surface area contributed by atoms with Gasteiger partial charge in [0, 0.05) is 39.3 Å². The van der Waals surface area contributed by atoms with E-state index in [-0.39, 0.29) is 11.8 Å². The first kappa shape index (κ1) is 21.9. The second-order valence-electron chi connectivity index (χ2n) is 8.13. The average molecular weight is 430 g/mol. The molecule has 0 saturated carbocycles. The quantitative estimate of drug-likeness (QED) is 0.590. The van der Waals surface area contributed by atoms with Crippen LogP contribution in [-0.4, -0.2) is 50.6 Å². The van der Waals surface area contributed by atoms with Crippen LogP contribution < -0.4 is 15.0 Å². The second-order valence-corrected chi connectivity index (χ2v) is 8.13. The first-order valence-corrected chi connectivity index (χ1v) is 11.2. The topological polar surface area (TPSA) is 44.8 Å². The molecule has 0 bridgehead atoms. The van der Waals surface area contributed by atoms with Gasteiger partial charge in [-0.3, -0.25) is 9.69 Å². The van der Waals surface area contributed by atoms with Crippen molar-refractivity contribution in [2.45, 2.75) is 12.5 Å². The van der Waals surface area contributed by atoms with Crippen molar-refractivity contribution in [1.29, 1.82) is 0 Å². The van der Waals surface area contributed by atoms with Crippen molar-refractivity contribution in [3.05, 3.63) is 96.1 Å². The van der Waals surface area contributed by atoms with Crippen LogP contribution in [0, 0.1) is 0 Å². The largest absolute Gasteiger partial charge is 0.495 e. The number of rotatable bonds is 8. The van der Waals surface area contributed by atoms with Gasteiger partial charge in [0.2, 0.25) is 5.91 Å². The monoisotopic (exact) mass is 429 g/mol. The maximum Gasteiger partial charge on any atom is 0.229 e. The Hall–Kier alpha value is -3.31. The van der Waals surface area contributed by atoms with Crippen molar-refractivity contribution in [1.82, 2.24) is 10.2 Å². The summed E-state index contributed by atoms with van der Waals surface area (Å²) < 4.78 is 5.53. The Morgan fingerprint density at radius 3 is 2.19 bits per heavy atom. The van der Waals surface area contributed by atoms with Crippen LogP contribution in [0.2, 0.25) is 0 Å². The normalized spacial score (nSPS) is 15.2. The van der Waals surface area contributed by atoms with E-state index in [1.807, 2.05) is 66.7 Å². The number of carbonyl (C=O) groups is 1. The highest BCUT2D eigenvalue weighted by Gasteiger charge is 2.26. The number of methoxy groups -OCH3 is 1. The molecule has 1 fully saturated rings. The van der Waals surface area contributed by atoms with Crippen LogP contribution in [-0.2, 0) is 11.3 Å². The molecule has 3 aromatic carbocycles. The fraction of sp³-hybridized carbons (Fsp3) is 0.296. The first-order chi connectivity index (χ1) is 15.7. The molecule has 1 aliphatic rings. The number of carbonyl (C=O) groups excluding carboxylic acids is 1. The van der Waals surface area contributed by atoms with E-state index >= 15 is 0 Å². The molecule has 1 amide bonds. The summed E-state index contributed by atoms with van der Waals surface area (Å²) in [7, 11) is 1.72. The molecule has 166 valence electrons. The number of nitrogens with zero attached hydrogens (tertiary/aromatic N) is 2. The molecule has 4 rings (SSSR count). The zero-order valence-electron chi connectivity index (χ0n) is 18.6. The number of para-hydroxylation sites is 2. The van der Waals surface area contributed by atoms with Gasteiger partial charge in [0.05, 0.1) is 18.7 Å². The van der Waals surface area contributed by atoms with Gasteiger partial charge in [-0.1, -0.05) is 72.8 Å². The Morgan fingerprint density at radius 1 is 0.875 bits per heavy atom. The minimum absolute atomic E-state index is 0.0761. The third-order valence-corrected chi connectivity index (χ3v) is 6.07. The van der Waals surface area contributed by atoms with Crippen molar-refractivity contribution in [3.63, 3.8) is 0 Å². The molecule has 3 aromatic rings. The fourth-order valence-corrected chi connectivity index (χ4v) is 4.25. The molecular weight excluding hydrogens is 398 g/mol. The number of benzene rings is 3. The summed E-state index contributed by atoms with van der Waals surface area (Å²) in [5.41, 5.74) is 3.30. The lowest BCUT2D eigenvalue weighted by atomic mass is 9.97. The van der Waals surface area contributed by atoms with Crippen LogP contribution in [0.25, 0.3) is 0 Å². The SMILES string of the molecule is COc1ccccc1N1CCN(CC(C(=O)NCc2ccccc2)c2ccccc2)CC1. The third-order valence-electron chi connectivity index (χ3n) is 6.07. The molecule has 5 heteroatoms. The van der Waals surface area contributed by atoms with Crippen molar-refractivity contribution >= 4 is 11.6 Å². The minimum Gasteiger partial charge on any atom is -0.495 e. The summed E-state index contributed by atoms with van der Waals surface area (Å²) in [5.74, 6) is 0.785. The minimum atomic E-state index is -0.197. The van der Waals surface area contributed by atoms with Crippen molar-refractivity contribution < 1.29 is 9.53 Å². The van der Waals surface area contributed by atoms with Crippen LogP contribution in [0.4, 0.5) is 5.69 Å². The molecule has 0 aromatic heterocycles. The van der Waals surface area contributed by atoms with Gasteiger partial charge in [-0.25, -0.2) is 0 Å². The van der Waals surface area contributed by atoms with Gasteiger partial charge in [0.1, 0.15) is 5.75 Å². The van der Waals surface area contributed by atoms with Gasteiger partial charge in [-0.05, 0) is 23.3 Å². The predicted octanol–water partition coefficient (Wildman–Crippen LogP) is 3.92. The second kappa shape index (κ2) is 10.8. The number of anilines is 1. The maximum absolute atomic E-state index is 13.2. The Bertz CT molecular complexity index is 986. The Kier molecular flexibility index (Phi) is 7.41. The molecule has 1 N–H and O–H groups in total. The van der Waals surface area contributed by atoms with E-state index in [0.717, 1.165) is 48.7 Å². The molecule has 5 nitrogen and oxygen atoms in total. The van der Waals surface area contributed by atoms with E-state index in [9.17, 15) is 4.79 Å². The number of hydrogen-bond donors (Lipinski definition) is 1. The summed E-state index contributed by atoms with van der Waals surface area (Å²) in [4.78, 5) is 18.0. The predicted molar refractivity (Wildman–Crippen MR) is 129 cm³/mol. The van der Waals surface area contributed by atoms with Crippen molar-refractivity contribution in [2.75, 3.05) is 44.7 Å². The molecule has 1 heterocycles. The van der Waals surface area contributed by atoms with E-state index in [1.54, 1.807) is 7.11 Å². The number of nitrogens with one attached hydrogen (secondary N) is 1. The van der Waals surface area contributed by atoms with Crippen LogP contribution in [0.1, 0.15) is 17.0 Å². The molecule has 1 unspecified atom stereocenters. The highest BCUT2D eigenvalue weighted by atomic mass is 16.5. The first-order valence-electron chi connectivity index (χ1n) is 11.2. The van der Waals surface area contributed by atoms with Crippen LogP contribution in [0.15, 0.2) is 84.9 Å². The molecule has 1 atom stereocenters. The summed E-state index contributed by atoms with van der Waals surface area (Å²) in [6, 6.07) is 28.3. The number of hydrogen-bond acceptors (Lipinski definition) is 4. The van der Waals surface area contributed by atoms with E-state index in [2.05, 4.69) is 33.3 Å². The van der Waals surface area contributed by atoms with Crippen LogP contribution in [0.5, 0.6) is 5.75 Å². The fourth-order valence-electron chi connectivity index (χ4n) is 4.25. The summed E-state index contributed by atoms with van der Waals surface area (Å²) in [5, 5.41) is 3.14. The maximum atomic E-state index is 13.2. The standard InChI is InChI=1S/C27H31N3O2/c1-32-26-15-9-8-14-25(26)30-18-16-29(17-19-30)21-24(23-12-6-3-7-13-23)27(31)28-20-22-10-4-2-5-11-22/h2-15,24H,16-21H2,1H3,(H,28,31). The Labute approximate surface area is 190 Å². The number of amides is 1. The van der Waals surface area contributed by atoms with Gasteiger partial charge in [-0.15, -0.1) is 0 Å². The molecule has 0 aliphatic carbocycles. The Morgan fingerprint density at radius 2 is 1.50 bits per heavy atom. The van der Waals surface area contributed by atoms with Gasteiger partial charge in [-0.2, -0.15) is 0 Å². The Balaban J connectivity index is 1.40. The molecule has 1 saturated heterocycles. The van der Waals surface area contributed by atoms with Crippen molar-refractivity contribution in [2.24, 2.45) is 0 Å². The van der Waals surface area contributed by atoms with Gasteiger partial charge < -0.3 is 15.0 Å². The van der Waals surface area contributed by atoms with Gasteiger partial charge in [0.15, 0.2) is 0 Å². The van der Waals surface area contributed by atoms with Crippen LogP contribution in [0.3, 0.4) is 0 Å². The smallest absolute Gasteiger partial charge is 0.229 e. The summed E-state index contributed by atoms with van der Waals surface area (Å²) in [6.07, 6.45) is 0. The molecule has 1 aliphatic heterocycles. The lowest BCUT2D eigenvalue weighted by Crippen LogP contribution is -2.49. The number of ether oxygens (including phenoxy) is 1. The lowest BCUT2D eigenvalue weighted by Gasteiger charge is -2.38. The average Bonchev–Trinajstić information content (AvgIpc) is 2.87. The molecule has 32 heavy (non-hydrogen) atoms. The van der Waals surface area contributed by atoms with E-state index < -0.39 is 0 Å². The van der Waals surface area contributed by atoms with E-state index in [4.69, 9.17) is 4.74 Å². The lowest BCUT2D eigenvalue weighted by molar-refractivity contribution is -0.123. The van der Waals surface area contributed by atoms with Crippen molar-refractivity contribution in [3.8, 4) is 5.75 Å². The van der Waals surface area contributed by atoms with Gasteiger partial charge in [0.25, 0.3) is 0 Å². The molecule has 0 spiro atoms. The summed E-state index contributed by atoms with van der Waals surface area (Å²) >= 11 is 0. The zero-order valence-corrected chi connectivity index (χ0v) is 18.6. The van der Waals surface area contributed by atoms with E-state index in [0.29, 0.717) is 13.1 Å². The number of piperazine rings is 1. The summed E-state index contributed by atoms with van der Waals surface area (Å²) in [6.45, 7) is 4.90. The van der Waals surface area contributed by atoms with E-state index in [1.165, 1.54) is 0 Å².